The number of benzene rings is 2. The van der Waals surface area contributed by atoms with Crippen LogP contribution in [-0.2, 0) is 11.3 Å². The Balaban J connectivity index is 1.51. The Morgan fingerprint density at radius 3 is 2.86 bits per heavy atom. The predicted octanol–water partition coefficient (Wildman–Crippen LogP) is 5.02. The van der Waals surface area contributed by atoms with Gasteiger partial charge in [0.2, 0.25) is 5.91 Å². The van der Waals surface area contributed by atoms with Gasteiger partial charge in [-0.15, -0.1) is 11.8 Å². The average Bonchev–Trinajstić information content (AvgIpc) is 3.39. The number of carbonyl (C=O) groups is 1. The van der Waals surface area contributed by atoms with Crippen molar-refractivity contribution in [1.82, 2.24) is 14.5 Å². The van der Waals surface area contributed by atoms with Crippen molar-refractivity contribution in [3.63, 3.8) is 0 Å². The summed E-state index contributed by atoms with van der Waals surface area (Å²) in [5.41, 5.74) is 2.14. The molecular weight excluding hydrogens is 400 g/mol. The van der Waals surface area contributed by atoms with Crippen molar-refractivity contribution in [3.8, 4) is 0 Å². The molecule has 4 aromatic rings. The van der Waals surface area contributed by atoms with Crippen LogP contribution in [0.1, 0.15) is 12.0 Å². The summed E-state index contributed by atoms with van der Waals surface area (Å²) in [7, 11) is 0. The van der Waals surface area contributed by atoms with Gasteiger partial charge in [-0.3, -0.25) is 9.69 Å². The maximum Gasteiger partial charge on any atom is 0.239 e. The molecule has 0 N–H and O–H groups in total. The van der Waals surface area contributed by atoms with Crippen LogP contribution in [-0.4, -0.2) is 32.7 Å². The van der Waals surface area contributed by atoms with Gasteiger partial charge in [0, 0.05) is 30.4 Å². The highest BCUT2D eigenvalue weighted by Crippen LogP contribution is 2.30. The smallest absolute Gasteiger partial charge is 0.239 e. The minimum Gasteiger partial charge on any atom is -0.337 e. The zero-order chi connectivity index (χ0) is 20.1. The average molecular weight is 423 g/mol. The maximum absolute atomic E-state index is 13.1. The number of amides is 1. The molecular formula is C22H22N4OS2. The van der Waals surface area contributed by atoms with Gasteiger partial charge in [0.1, 0.15) is 0 Å². The highest BCUT2D eigenvalue weighted by molar-refractivity contribution is 8.00. The monoisotopic (exact) mass is 422 g/mol. The number of hydrogen-bond acceptors (Lipinski definition) is 5. The van der Waals surface area contributed by atoms with Crippen LogP contribution in [0.3, 0.4) is 0 Å². The summed E-state index contributed by atoms with van der Waals surface area (Å²) >= 11 is 3.15. The molecule has 0 saturated carbocycles. The van der Waals surface area contributed by atoms with E-state index < -0.39 is 0 Å². The summed E-state index contributed by atoms with van der Waals surface area (Å²) in [5, 5.41) is 0.773. The van der Waals surface area contributed by atoms with Crippen LogP contribution in [0.15, 0.2) is 72.1 Å². The fourth-order valence-electron chi connectivity index (χ4n) is 3.03. The van der Waals surface area contributed by atoms with Crippen molar-refractivity contribution in [2.45, 2.75) is 24.8 Å². The fourth-order valence-corrected chi connectivity index (χ4v) is 4.93. The van der Waals surface area contributed by atoms with Crippen molar-refractivity contribution < 1.29 is 4.79 Å². The van der Waals surface area contributed by atoms with Crippen molar-refractivity contribution in [2.75, 3.05) is 17.2 Å². The zero-order valence-corrected chi connectivity index (χ0v) is 17.8. The van der Waals surface area contributed by atoms with Gasteiger partial charge in [0.15, 0.2) is 5.13 Å². The molecule has 148 valence electrons. The third-order valence-electron chi connectivity index (χ3n) is 4.53. The Hall–Kier alpha value is -2.64. The number of imidazole rings is 1. The van der Waals surface area contributed by atoms with Crippen LogP contribution in [0.2, 0.25) is 0 Å². The maximum atomic E-state index is 13.1. The Bertz CT molecular complexity index is 1080. The summed E-state index contributed by atoms with van der Waals surface area (Å²) in [5.74, 6) is 0.476. The second kappa shape index (κ2) is 9.24. The van der Waals surface area contributed by atoms with Gasteiger partial charge >= 0.3 is 0 Å². The molecule has 2 heterocycles. The van der Waals surface area contributed by atoms with Gasteiger partial charge in [0.05, 0.1) is 22.3 Å². The molecule has 2 aromatic carbocycles. The minimum atomic E-state index is 0.0836. The minimum absolute atomic E-state index is 0.0836. The lowest BCUT2D eigenvalue weighted by Crippen LogP contribution is -2.33. The van der Waals surface area contributed by atoms with Gasteiger partial charge in [-0.25, -0.2) is 9.97 Å². The lowest BCUT2D eigenvalue weighted by atomic mass is 10.2. The molecule has 0 atom stereocenters. The number of hydrogen-bond donors (Lipinski definition) is 0. The molecule has 0 aliphatic heterocycles. The number of aromatic nitrogens is 3. The second-order valence-corrected chi connectivity index (χ2v) is 8.83. The quantitative estimate of drug-likeness (QED) is 0.374. The summed E-state index contributed by atoms with van der Waals surface area (Å²) in [4.78, 5) is 24.9. The van der Waals surface area contributed by atoms with Crippen molar-refractivity contribution in [2.24, 2.45) is 0 Å². The molecule has 0 spiro atoms. The van der Waals surface area contributed by atoms with Crippen LogP contribution in [0.5, 0.6) is 0 Å². The van der Waals surface area contributed by atoms with E-state index in [4.69, 9.17) is 4.98 Å². The van der Waals surface area contributed by atoms with Gasteiger partial charge in [0.25, 0.3) is 0 Å². The number of thioether (sulfide) groups is 1. The van der Waals surface area contributed by atoms with Crippen molar-refractivity contribution >= 4 is 44.4 Å². The first-order valence-electron chi connectivity index (χ1n) is 9.50. The standard InChI is InChI=1S/C22H22N4OS2/c1-17-8-9-19-20(14-17)29-22(24-19)26(12-5-11-25-13-10-23-16-25)21(27)15-28-18-6-3-2-4-7-18/h2-4,6-10,13-14,16H,5,11-12,15H2,1H3. The fraction of sp³-hybridized carbons (Fsp3) is 0.227. The van der Waals surface area contributed by atoms with Crippen LogP contribution in [0.25, 0.3) is 10.2 Å². The Morgan fingerprint density at radius 1 is 1.21 bits per heavy atom. The lowest BCUT2D eigenvalue weighted by Gasteiger charge is -2.20. The molecule has 2 aromatic heterocycles. The van der Waals surface area contributed by atoms with E-state index in [2.05, 4.69) is 24.0 Å². The summed E-state index contributed by atoms with van der Waals surface area (Å²) in [6.45, 7) is 3.52. The Kier molecular flexibility index (Phi) is 6.27. The van der Waals surface area contributed by atoms with Crippen LogP contribution in [0.4, 0.5) is 5.13 Å². The largest absolute Gasteiger partial charge is 0.337 e. The molecule has 7 heteroatoms. The molecule has 0 bridgehead atoms. The Morgan fingerprint density at radius 2 is 2.07 bits per heavy atom. The molecule has 0 unspecified atom stereocenters. The van der Waals surface area contributed by atoms with Gasteiger partial charge in [-0.2, -0.15) is 0 Å². The number of anilines is 1. The first-order valence-corrected chi connectivity index (χ1v) is 11.3. The van der Waals surface area contributed by atoms with Crippen LogP contribution in [0, 0.1) is 6.92 Å². The molecule has 29 heavy (non-hydrogen) atoms. The first-order chi connectivity index (χ1) is 14.2. The van der Waals surface area contributed by atoms with Crippen LogP contribution < -0.4 is 4.90 Å². The molecule has 0 aliphatic rings. The highest BCUT2D eigenvalue weighted by Gasteiger charge is 2.20. The van der Waals surface area contributed by atoms with E-state index in [0.717, 1.165) is 33.2 Å². The zero-order valence-electron chi connectivity index (χ0n) is 16.2. The number of carbonyl (C=O) groups excluding carboxylic acids is 1. The van der Waals surface area contributed by atoms with E-state index in [1.165, 1.54) is 5.56 Å². The lowest BCUT2D eigenvalue weighted by molar-refractivity contribution is -0.116. The summed E-state index contributed by atoms with van der Waals surface area (Å²) in [6, 6.07) is 16.2. The SMILES string of the molecule is Cc1ccc2nc(N(CCCn3ccnc3)C(=O)CSc3ccccc3)sc2c1. The first kappa shape index (κ1) is 19.7. The van der Waals surface area contributed by atoms with Crippen LogP contribution >= 0.6 is 23.1 Å². The molecule has 0 radical (unpaired) electrons. The van der Waals surface area contributed by atoms with E-state index in [0.29, 0.717) is 12.3 Å². The van der Waals surface area contributed by atoms with E-state index in [9.17, 15) is 4.79 Å². The number of rotatable bonds is 8. The number of fused-ring (bicyclic) bond motifs is 1. The van der Waals surface area contributed by atoms with Crippen molar-refractivity contribution in [3.05, 3.63) is 72.8 Å². The van der Waals surface area contributed by atoms with E-state index in [-0.39, 0.29) is 5.91 Å². The Labute approximate surface area is 178 Å². The number of nitrogens with zero attached hydrogens (tertiary/aromatic N) is 4. The molecule has 0 saturated heterocycles. The van der Waals surface area contributed by atoms with E-state index in [1.54, 1.807) is 35.6 Å². The number of aryl methyl sites for hydroxylation is 2. The highest BCUT2D eigenvalue weighted by atomic mass is 32.2. The summed E-state index contributed by atoms with van der Waals surface area (Å²) < 4.78 is 3.14. The third kappa shape index (κ3) is 5.05. The van der Waals surface area contributed by atoms with E-state index >= 15 is 0 Å². The molecule has 1 amide bonds. The number of thiazole rings is 1. The molecule has 4 rings (SSSR count). The normalized spacial score (nSPS) is 11.1. The van der Waals surface area contributed by atoms with Gasteiger partial charge in [-0.05, 0) is 43.2 Å². The van der Waals surface area contributed by atoms with E-state index in [1.807, 2.05) is 52.1 Å². The predicted molar refractivity (Wildman–Crippen MR) is 121 cm³/mol. The molecule has 5 nitrogen and oxygen atoms in total. The van der Waals surface area contributed by atoms with Gasteiger partial charge in [-0.1, -0.05) is 35.6 Å². The van der Waals surface area contributed by atoms with Gasteiger partial charge < -0.3 is 4.57 Å². The third-order valence-corrected chi connectivity index (χ3v) is 6.57. The summed E-state index contributed by atoms with van der Waals surface area (Å²) in [6.07, 6.45) is 6.36. The second-order valence-electron chi connectivity index (χ2n) is 6.77. The van der Waals surface area contributed by atoms with Crippen molar-refractivity contribution in [1.29, 1.82) is 0 Å². The molecule has 0 fully saturated rings. The topological polar surface area (TPSA) is 51.0 Å². The molecule has 0 aliphatic carbocycles.